The summed E-state index contributed by atoms with van der Waals surface area (Å²) in [7, 11) is -4.90. The molecule has 0 aliphatic heterocycles. The Hall–Kier alpha value is -6.06. The molecule has 2 atom stereocenters. The number of carbonyl (C=O) groups is 5. The van der Waals surface area contributed by atoms with E-state index in [0.29, 0.717) is 0 Å². The molecular formula is C41H43N6NaO13S. The SMILES string of the molecule is CC(C)[C@H](NC(=O)OCC1c2ccccc2-c2ccccc21)C(=O)N[C@@H](CCCNC(N)=O)C(=O)Nc1ccc(COC(=O)Oc2ccc([N+](=O)[O-])cc2)c(CS(=O)(=O)[O-])c1.[Na+]. The van der Waals surface area contributed by atoms with Crippen LogP contribution in [0.15, 0.2) is 91.0 Å². The Morgan fingerprint density at radius 3 is 2.05 bits per heavy atom. The van der Waals surface area contributed by atoms with Crippen LogP contribution in [-0.4, -0.2) is 73.2 Å². The number of ether oxygens (including phenoxy) is 3. The average Bonchev–Trinajstić information content (AvgIpc) is 3.52. The fourth-order valence-corrected chi connectivity index (χ4v) is 7.30. The van der Waals surface area contributed by atoms with Gasteiger partial charge in [-0.1, -0.05) is 68.4 Å². The van der Waals surface area contributed by atoms with E-state index in [4.69, 9.17) is 19.9 Å². The monoisotopic (exact) mass is 882 g/mol. The van der Waals surface area contributed by atoms with E-state index in [1.807, 2.05) is 48.5 Å². The summed E-state index contributed by atoms with van der Waals surface area (Å²) in [5.74, 6) is -3.33. The molecule has 4 aromatic rings. The summed E-state index contributed by atoms with van der Waals surface area (Å²) < 4.78 is 51.2. The molecule has 19 nitrogen and oxygen atoms in total. The minimum Gasteiger partial charge on any atom is -0.748 e. The van der Waals surface area contributed by atoms with Gasteiger partial charge >= 0.3 is 47.8 Å². The molecule has 1 aliphatic carbocycles. The van der Waals surface area contributed by atoms with E-state index in [9.17, 15) is 47.1 Å². The van der Waals surface area contributed by atoms with E-state index >= 15 is 0 Å². The van der Waals surface area contributed by atoms with Gasteiger partial charge in [-0.05, 0) is 76.4 Å². The second-order valence-electron chi connectivity index (χ2n) is 14.3. The van der Waals surface area contributed by atoms with Gasteiger partial charge in [0.1, 0.15) is 31.0 Å². The van der Waals surface area contributed by atoms with Crippen LogP contribution in [0.4, 0.5) is 25.8 Å². The molecule has 0 spiro atoms. The summed E-state index contributed by atoms with van der Waals surface area (Å²) in [6.07, 6.45) is -1.95. The number of hydrogen-bond donors (Lipinski definition) is 5. The Balaban J connectivity index is 0.00000845. The number of hydrogen-bond acceptors (Lipinski definition) is 13. The fourth-order valence-electron chi connectivity index (χ4n) is 6.65. The first-order chi connectivity index (χ1) is 29.0. The number of urea groups is 1. The first-order valence-corrected chi connectivity index (χ1v) is 20.5. The summed E-state index contributed by atoms with van der Waals surface area (Å²) >= 11 is 0. The van der Waals surface area contributed by atoms with E-state index in [0.717, 1.165) is 34.4 Å². The Labute approximate surface area is 378 Å². The number of primary amides is 1. The van der Waals surface area contributed by atoms with E-state index in [-0.39, 0.29) is 89.7 Å². The van der Waals surface area contributed by atoms with Crippen LogP contribution in [-0.2, 0) is 41.5 Å². The van der Waals surface area contributed by atoms with Crippen LogP contribution >= 0.6 is 0 Å². The van der Waals surface area contributed by atoms with Gasteiger partial charge in [-0.2, -0.15) is 0 Å². The zero-order valence-electron chi connectivity index (χ0n) is 34.0. The second-order valence-corrected chi connectivity index (χ2v) is 15.7. The summed E-state index contributed by atoms with van der Waals surface area (Å²) in [4.78, 5) is 74.4. The molecule has 0 bridgehead atoms. The second kappa shape index (κ2) is 22.2. The van der Waals surface area contributed by atoms with Crippen molar-refractivity contribution >= 4 is 51.6 Å². The summed E-state index contributed by atoms with van der Waals surface area (Å²) in [6, 6.07) is 20.7. The van der Waals surface area contributed by atoms with Gasteiger partial charge in [0.05, 0.1) is 20.8 Å². The molecule has 0 fully saturated rings. The first-order valence-electron chi connectivity index (χ1n) is 18.9. The van der Waals surface area contributed by atoms with Crippen molar-refractivity contribution < 1.29 is 85.6 Å². The molecule has 0 saturated carbocycles. The Bertz CT molecular complexity index is 2350. The number of fused-ring (bicyclic) bond motifs is 3. The molecule has 0 saturated heterocycles. The van der Waals surface area contributed by atoms with Crippen molar-refractivity contribution in [1.82, 2.24) is 16.0 Å². The van der Waals surface area contributed by atoms with Crippen molar-refractivity contribution in [3.63, 3.8) is 0 Å². The van der Waals surface area contributed by atoms with Gasteiger partial charge in [0.2, 0.25) is 11.8 Å². The number of non-ortho nitro benzene ring substituents is 1. The summed E-state index contributed by atoms with van der Waals surface area (Å²) in [5.41, 5.74) is 8.95. The molecule has 62 heavy (non-hydrogen) atoms. The van der Waals surface area contributed by atoms with E-state index in [2.05, 4.69) is 21.3 Å². The van der Waals surface area contributed by atoms with Gasteiger partial charge in [0.25, 0.3) is 5.69 Å². The number of alkyl carbamates (subject to hydrolysis) is 1. The number of nitrogens with zero attached hydrogens (tertiary/aromatic N) is 1. The molecule has 0 unspecified atom stereocenters. The third-order valence-electron chi connectivity index (χ3n) is 9.57. The Morgan fingerprint density at radius 1 is 0.839 bits per heavy atom. The quantitative estimate of drug-likeness (QED) is 0.0182. The van der Waals surface area contributed by atoms with Crippen LogP contribution in [0.2, 0.25) is 0 Å². The number of nitro groups is 1. The summed E-state index contributed by atoms with van der Waals surface area (Å²) in [5, 5.41) is 21.1. The van der Waals surface area contributed by atoms with Gasteiger partial charge in [0.15, 0.2) is 0 Å². The number of nitrogens with one attached hydrogen (secondary N) is 4. The maximum atomic E-state index is 13.7. The average molecular weight is 883 g/mol. The fraction of sp³-hybridized carbons (Fsp3) is 0.293. The maximum absolute atomic E-state index is 13.7. The van der Waals surface area contributed by atoms with E-state index < -0.39 is 75.5 Å². The zero-order valence-corrected chi connectivity index (χ0v) is 36.8. The third kappa shape index (κ3) is 13.7. The van der Waals surface area contributed by atoms with E-state index in [1.54, 1.807) is 13.8 Å². The van der Waals surface area contributed by atoms with Crippen molar-refractivity contribution in [3.05, 3.63) is 123 Å². The van der Waals surface area contributed by atoms with Gasteiger partial charge in [-0.3, -0.25) is 19.7 Å². The van der Waals surface area contributed by atoms with Crippen LogP contribution in [0.5, 0.6) is 5.75 Å². The number of carbonyl (C=O) groups excluding carboxylic acids is 5. The molecule has 4 aromatic carbocycles. The predicted molar refractivity (Wildman–Crippen MR) is 218 cm³/mol. The number of anilines is 1. The Kier molecular flexibility index (Phi) is 17.4. The number of benzene rings is 4. The molecule has 322 valence electrons. The number of nitrogens with two attached hydrogens (primary N) is 1. The van der Waals surface area contributed by atoms with Crippen molar-refractivity contribution in [2.45, 2.75) is 57.1 Å². The number of amides is 5. The van der Waals surface area contributed by atoms with E-state index in [1.165, 1.54) is 30.3 Å². The smallest absolute Gasteiger partial charge is 0.748 e. The predicted octanol–water partition coefficient (Wildman–Crippen LogP) is 1.79. The molecule has 5 rings (SSSR count). The summed E-state index contributed by atoms with van der Waals surface area (Å²) in [6.45, 7) is 2.85. The van der Waals surface area contributed by atoms with Gasteiger partial charge in [-0.25, -0.2) is 22.8 Å². The van der Waals surface area contributed by atoms with Crippen LogP contribution in [0.25, 0.3) is 11.1 Å². The molecule has 21 heteroatoms. The molecule has 0 radical (unpaired) electrons. The van der Waals surface area contributed by atoms with Crippen molar-refractivity contribution in [2.24, 2.45) is 11.7 Å². The van der Waals surface area contributed by atoms with Crippen molar-refractivity contribution in [1.29, 1.82) is 0 Å². The van der Waals surface area contributed by atoms with Crippen LogP contribution in [0.3, 0.4) is 0 Å². The minimum atomic E-state index is -4.90. The standard InChI is InChI=1S/C41H44N6O13S.Na/c1-24(2)36(46-40(51)58-22-34-32-10-5-3-8-30(32)31-9-4-6-11-33(31)34)38(49)45-35(12-7-19-43-39(42)50)37(48)44-27-14-13-25(26(20-27)23-61(55,56)57)21-59-41(52)60-29-17-15-28(16-18-29)47(53)54;/h3-6,8-11,13-18,20,24,34-36H,7,12,19,21-23H2,1-2H3,(H,44,48)(H,45,49)(H,46,51)(H3,42,43,50)(H,55,56,57);/q;+1/p-1/t35-,36-;/m0./s1. The zero-order chi connectivity index (χ0) is 44.3. The molecule has 1 aliphatic rings. The number of rotatable bonds is 18. The normalized spacial score (nSPS) is 12.6. The van der Waals surface area contributed by atoms with Crippen molar-refractivity contribution in [2.75, 3.05) is 18.5 Å². The molecular weight excluding hydrogens is 840 g/mol. The third-order valence-corrected chi connectivity index (χ3v) is 10.2. The maximum Gasteiger partial charge on any atom is 1.00 e. The largest absolute Gasteiger partial charge is 1.00 e. The van der Waals surface area contributed by atoms with Gasteiger partial charge < -0.3 is 45.8 Å². The van der Waals surface area contributed by atoms with Crippen molar-refractivity contribution in [3.8, 4) is 16.9 Å². The van der Waals surface area contributed by atoms with Gasteiger partial charge in [0, 0.05) is 30.3 Å². The number of nitro benzene ring substituents is 1. The van der Waals surface area contributed by atoms with Gasteiger partial charge in [-0.15, -0.1) is 0 Å². The topological polar surface area (TPSA) is 288 Å². The molecule has 0 heterocycles. The Morgan fingerprint density at radius 2 is 1.47 bits per heavy atom. The molecule has 6 N–H and O–H groups in total. The molecule has 5 amide bonds. The molecule has 0 aromatic heterocycles. The van der Waals surface area contributed by atoms with Crippen LogP contribution in [0, 0.1) is 16.0 Å². The van der Waals surface area contributed by atoms with Crippen LogP contribution < -0.4 is 61.3 Å². The minimum absolute atomic E-state index is 0. The van der Waals surface area contributed by atoms with Crippen LogP contribution in [0.1, 0.15) is 54.9 Å². The first kappa shape index (κ1) is 48.6.